The molecule has 0 bridgehead atoms. The van der Waals surface area contributed by atoms with Crippen LogP contribution in [0.25, 0.3) is 0 Å². The Balaban J connectivity index is 2.98. The van der Waals surface area contributed by atoms with Gasteiger partial charge in [-0.3, -0.25) is 0 Å². The first-order valence-corrected chi connectivity index (χ1v) is 3.78. The molecule has 2 heteroatoms. The maximum atomic E-state index is 8.50. The lowest BCUT2D eigenvalue weighted by Crippen LogP contribution is -1.85. The number of nitriles is 1. The van der Waals surface area contributed by atoms with Crippen molar-refractivity contribution in [2.45, 2.75) is 12.3 Å². The van der Waals surface area contributed by atoms with Crippen molar-refractivity contribution < 1.29 is 0 Å². The quantitative estimate of drug-likeness (QED) is 0.587. The maximum absolute atomic E-state index is 8.50. The molecule has 0 aliphatic heterocycles. The van der Waals surface area contributed by atoms with E-state index in [0.717, 1.165) is 11.1 Å². The molecule has 0 amide bonds. The fourth-order valence-corrected chi connectivity index (χ4v) is 1.04. The zero-order chi connectivity index (χ0) is 8.27. The summed E-state index contributed by atoms with van der Waals surface area (Å²) < 4.78 is 0. The van der Waals surface area contributed by atoms with Gasteiger partial charge in [-0.2, -0.15) is 5.26 Å². The van der Waals surface area contributed by atoms with E-state index in [1.165, 1.54) is 0 Å². The topological polar surface area (TPSA) is 23.8 Å². The minimum Gasteiger partial charge on any atom is -0.196 e. The molecule has 0 saturated carbocycles. The van der Waals surface area contributed by atoms with Crippen LogP contribution in [0.15, 0.2) is 24.3 Å². The third-order valence-corrected chi connectivity index (χ3v) is 1.80. The minimum atomic E-state index is -0.519. The van der Waals surface area contributed by atoms with Crippen LogP contribution in [-0.2, 0) is 0 Å². The maximum Gasteiger partial charge on any atom is 0.145 e. The highest BCUT2D eigenvalue weighted by atomic mass is 35.5. The van der Waals surface area contributed by atoms with Crippen molar-refractivity contribution in [3.05, 3.63) is 35.4 Å². The van der Waals surface area contributed by atoms with Crippen LogP contribution in [0.5, 0.6) is 0 Å². The molecule has 0 N–H and O–H groups in total. The van der Waals surface area contributed by atoms with Gasteiger partial charge in [-0.05, 0) is 12.5 Å². The Kier molecular flexibility index (Phi) is 2.51. The van der Waals surface area contributed by atoms with E-state index in [2.05, 4.69) is 0 Å². The van der Waals surface area contributed by atoms with E-state index in [1.807, 2.05) is 37.3 Å². The Morgan fingerprint density at radius 3 is 2.82 bits per heavy atom. The van der Waals surface area contributed by atoms with Crippen molar-refractivity contribution in [1.29, 1.82) is 5.26 Å². The van der Waals surface area contributed by atoms with Gasteiger partial charge in [-0.1, -0.05) is 29.8 Å². The van der Waals surface area contributed by atoms with Crippen LogP contribution in [0.2, 0.25) is 0 Å². The number of hydrogen-bond acceptors (Lipinski definition) is 1. The number of aryl methyl sites for hydroxylation is 1. The lowest BCUT2D eigenvalue weighted by atomic mass is 10.1. The van der Waals surface area contributed by atoms with Gasteiger partial charge < -0.3 is 0 Å². The van der Waals surface area contributed by atoms with Crippen LogP contribution in [0.3, 0.4) is 0 Å². The summed E-state index contributed by atoms with van der Waals surface area (Å²) in [7, 11) is 0. The van der Waals surface area contributed by atoms with Crippen LogP contribution in [0, 0.1) is 18.3 Å². The van der Waals surface area contributed by atoms with E-state index in [4.69, 9.17) is 16.9 Å². The Labute approximate surface area is 71.2 Å². The SMILES string of the molecule is Cc1cccc(C(Cl)C#N)c1. The van der Waals surface area contributed by atoms with Crippen molar-refractivity contribution in [2.75, 3.05) is 0 Å². The molecule has 0 aromatic heterocycles. The summed E-state index contributed by atoms with van der Waals surface area (Å²) in [6, 6.07) is 9.62. The number of rotatable bonds is 1. The molecule has 0 saturated heterocycles. The van der Waals surface area contributed by atoms with Gasteiger partial charge in [-0.15, -0.1) is 11.6 Å². The first-order chi connectivity index (χ1) is 5.24. The number of alkyl halides is 1. The molecule has 0 heterocycles. The Morgan fingerprint density at radius 2 is 2.27 bits per heavy atom. The van der Waals surface area contributed by atoms with Crippen molar-refractivity contribution in [2.24, 2.45) is 0 Å². The molecule has 1 atom stereocenters. The van der Waals surface area contributed by atoms with Crippen LogP contribution in [0.4, 0.5) is 0 Å². The molecule has 1 nitrogen and oxygen atoms in total. The van der Waals surface area contributed by atoms with Gasteiger partial charge >= 0.3 is 0 Å². The molecule has 0 aliphatic rings. The number of nitrogens with zero attached hydrogens (tertiary/aromatic N) is 1. The molecule has 0 spiro atoms. The lowest BCUT2D eigenvalue weighted by Gasteiger charge is -2.00. The van der Waals surface area contributed by atoms with Gasteiger partial charge in [0.15, 0.2) is 0 Å². The van der Waals surface area contributed by atoms with Crippen molar-refractivity contribution >= 4 is 11.6 Å². The summed E-state index contributed by atoms with van der Waals surface area (Å²) in [4.78, 5) is 0. The predicted molar refractivity (Wildman–Crippen MR) is 45.4 cm³/mol. The minimum absolute atomic E-state index is 0.519. The van der Waals surface area contributed by atoms with Crippen molar-refractivity contribution in [3.63, 3.8) is 0 Å². The zero-order valence-electron chi connectivity index (χ0n) is 6.21. The molecule has 11 heavy (non-hydrogen) atoms. The zero-order valence-corrected chi connectivity index (χ0v) is 6.97. The standard InChI is InChI=1S/C9H8ClN/c1-7-3-2-4-8(5-7)9(10)6-11/h2-5,9H,1H3. The first-order valence-electron chi connectivity index (χ1n) is 3.34. The number of benzene rings is 1. The summed E-state index contributed by atoms with van der Waals surface area (Å²) in [5, 5.41) is 7.98. The molecular formula is C9H8ClN. The van der Waals surface area contributed by atoms with E-state index >= 15 is 0 Å². The Hall–Kier alpha value is -1.00. The second-order valence-corrected chi connectivity index (χ2v) is 2.84. The van der Waals surface area contributed by atoms with Gasteiger partial charge in [0.1, 0.15) is 5.38 Å². The smallest absolute Gasteiger partial charge is 0.145 e. The fraction of sp³-hybridized carbons (Fsp3) is 0.222. The van der Waals surface area contributed by atoms with Crippen molar-refractivity contribution in [3.8, 4) is 6.07 Å². The molecule has 56 valence electrons. The Bertz CT molecular complexity index is 288. The monoisotopic (exact) mass is 165 g/mol. The number of halogens is 1. The van der Waals surface area contributed by atoms with E-state index in [9.17, 15) is 0 Å². The van der Waals surface area contributed by atoms with E-state index in [1.54, 1.807) is 0 Å². The average Bonchev–Trinajstić information content (AvgIpc) is 2.03. The molecular weight excluding hydrogens is 158 g/mol. The molecule has 1 aromatic rings. The third kappa shape index (κ3) is 1.96. The third-order valence-electron chi connectivity index (χ3n) is 1.45. The highest BCUT2D eigenvalue weighted by Crippen LogP contribution is 2.19. The van der Waals surface area contributed by atoms with Crippen LogP contribution in [0.1, 0.15) is 16.5 Å². The second kappa shape index (κ2) is 3.41. The highest BCUT2D eigenvalue weighted by Gasteiger charge is 2.04. The van der Waals surface area contributed by atoms with Crippen LogP contribution >= 0.6 is 11.6 Å². The second-order valence-electron chi connectivity index (χ2n) is 2.41. The van der Waals surface area contributed by atoms with Gasteiger partial charge in [0, 0.05) is 0 Å². The van der Waals surface area contributed by atoms with Crippen molar-refractivity contribution in [1.82, 2.24) is 0 Å². The predicted octanol–water partition coefficient (Wildman–Crippen LogP) is 2.80. The molecule has 0 fully saturated rings. The van der Waals surface area contributed by atoms with Gasteiger partial charge in [-0.25, -0.2) is 0 Å². The van der Waals surface area contributed by atoms with Gasteiger partial charge in [0.05, 0.1) is 6.07 Å². The highest BCUT2D eigenvalue weighted by molar-refractivity contribution is 6.22. The molecule has 1 rings (SSSR count). The molecule has 0 aliphatic carbocycles. The normalized spacial score (nSPS) is 12.1. The fourth-order valence-electron chi connectivity index (χ4n) is 0.902. The molecule has 1 unspecified atom stereocenters. The van der Waals surface area contributed by atoms with E-state index < -0.39 is 5.38 Å². The largest absolute Gasteiger partial charge is 0.196 e. The summed E-state index contributed by atoms with van der Waals surface area (Å²) in [5.74, 6) is 0. The van der Waals surface area contributed by atoms with Gasteiger partial charge in [0.2, 0.25) is 0 Å². The van der Waals surface area contributed by atoms with E-state index in [0.29, 0.717) is 0 Å². The Morgan fingerprint density at radius 1 is 1.55 bits per heavy atom. The van der Waals surface area contributed by atoms with Gasteiger partial charge in [0.25, 0.3) is 0 Å². The summed E-state index contributed by atoms with van der Waals surface area (Å²) >= 11 is 5.70. The van der Waals surface area contributed by atoms with Crippen LogP contribution in [-0.4, -0.2) is 0 Å². The van der Waals surface area contributed by atoms with E-state index in [-0.39, 0.29) is 0 Å². The average molecular weight is 166 g/mol. The summed E-state index contributed by atoms with van der Waals surface area (Å²) in [6.07, 6.45) is 0. The molecule has 0 radical (unpaired) electrons. The number of hydrogen-bond donors (Lipinski definition) is 0. The molecule has 1 aromatic carbocycles. The summed E-state index contributed by atoms with van der Waals surface area (Å²) in [5.41, 5.74) is 2.00. The lowest BCUT2D eigenvalue weighted by molar-refractivity contribution is 1.20. The van der Waals surface area contributed by atoms with Crippen LogP contribution < -0.4 is 0 Å². The first kappa shape index (κ1) is 8.10. The summed E-state index contributed by atoms with van der Waals surface area (Å²) in [6.45, 7) is 1.98.